The topological polar surface area (TPSA) is 21.7 Å². The normalized spacial score (nSPS) is 13.9. The lowest BCUT2D eigenvalue weighted by Gasteiger charge is -2.21. The van der Waals surface area contributed by atoms with Gasteiger partial charge in [0, 0.05) is 19.7 Å². The second kappa shape index (κ2) is 21.6. The maximum atomic E-state index is 5.75. The van der Waals surface area contributed by atoms with Crippen molar-refractivity contribution in [2.24, 2.45) is 11.8 Å². The van der Waals surface area contributed by atoms with Gasteiger partial charge in [-0.3, -0.25) is 0 Å². The van der Waals surface area contributed by atoms with Crippen LogP contribution >= 0.6 is 0 Å². The predicted octanol–water partition coefficient (Wildman–Crippen LogP) is 6.94. The Bertz CT molecular complexity index is 298. The molecule has 170 valence electrons. The highest BCUT2D eigenvalue weighted by Gasteiger charge is 2.07. The second-order valence-electron chi connectivity index (χ2n) is 8.85. The minimum Gasteiger partial charge on any atom is -0.379 e. The molecule has 0 spiro atoms. The lowest BCUT2D eigenvalue weighted by Crippen LogP contribution is -2.28. The van der Waals surface area contributed by atoms with Crippen molar-refractivity contribution in [2.45, 2.75) is 105 Å². The molecule has 0 aliphatic carbocycles. The van der Waals surface area contributed by atoms with E-state index in [4.69, 9.17) is 9.47 Å². The van der Waals surface area contributed by atoms with Gasteiger partial charge in [0.25, 0.3) is 0 Å². The fraction of sp³-hybridized carbons (Fsp3) is 1.00. The SMILES string of the molecule is CCCCCCCC(C)CN(C)CCOCCOCCCC(CC)CCCC. The molecule has 0 heterocycles. The van der Waals surface area contributed by atoms with Crippen LogP contribution in [0.4, 0.5) is 0 Å². The van der Waals surface area contributed by atoms with Crippen LogP contribution in [0.25, 0.3) is 0 Å². The molecule has 0 saturated heterocycles. The molecule has 0 aromatic carbocycles. The largest absolute Gasteiger partial charge is 0.379 e. The highest BCUT2D eigenvalue weighted by molar-refractivity contribution is 4.60. The molecule has 0 aliphatic heterocycles. The maximum absolute atomic E-state index is 5.75. The van der Waals surface area contributed by atoms with Crippen LogP contribution in [0.1, 0.15) is 105 Å². The van der Waals surface area contributed by atoms with E-state index in [1.54, 1.807) is 0 Å². The molecule has 2 atom stereocenters. The van der Waals surface area contributed by atoms with Crippen molar-refractivity contribution in [3.63, 3.8) is 0 Å². The van der Waals surface area contributed by atoms with Crippen LogP contribution in [0.2, 0.25) is 0 Å². The van der Waals surface area contributed by atoms with Crippen molar-refractivity contribution in [3.05, 3.63) is 0 Å². The van der Waals surface area contributed by atoms with Crippen LogP contribution in [0, 0.1) is 11.8 Å². The van der Waals surface area contributed by atoms with Gasteiger partial charge in [0.15, 0.2) is 0 Å². The predicted molar refractivity (Wildman–Crippen MR) is 124 cm³/mol. The zero-order valence-corrected chi connectivity index (χ0v) is 20.1. The van der Waals surface area contributed by atoms with Gasteiger partial charge >= 0.3 is 0 Å². The van der Waals surface area contributed by atoms with Crippen LogP contribution < -0.4 is 0 Å². The van der Waals surface area contributed by atoms with E-state index in [0.29, 0.717) is 0 Å². The fourth-order valence-corrected chi connectivity index (χ4v) is 3.87. The minimum absolute atomic E-state index is 0.730. The quantitative estimate of drug-likeness (QED) is 0.184. The number of unbranched alkanes of at least 4 members (excludes halogenated alkanes) is 5. The Morgan fingerprint density at radius 3 is 2.00 bits per heavy atom. The third-order valence-corrected chi connectivity index (χ3v) is 5.86. The van der Waals surface area contributed by atoms with Crippen molar-refractivity contribution >= 4 is 0 Å². The summed E-state index contributed by atoms with van der Waals surface area (Å²) in [5, 5.41) is 0. The van der Waals surface area contributed by atoms with Crippen LogP contribution in [-0.4, -0.2) is 51.5 Å². The monoisotopic (exact) mass is 399 g/mol. The Labute approximate surface area is 177 Å². The van der Waals surface area contributed by atoms with Crippen molar-refractivity contribution in [3.8, 4) is 0 Å². The highest BCUT2D eigenvalue weighted by Crippen LogP contribution is 2.18. The smallest absolute Gasteiger partial charge is 0.0701 e. The van der Waals surface area contributed by atoms with Crippen LogP contribution in [0.15, 0.2) is 0 Å². The average molecular weight is 400 g/mol. The molecule has 3 heteroatoms. The molecule has 0 fully saturated rings. The van der Waals surface area contributed by atoms with E-state index in [9.17, 15) is 0 Å². The highest BCUT2D eigenvalue weighted by atomic mass is 16.5. The number of hydrogen-bond donors (Lipinski definition) is 0. The summed E-state index contributed by atoms with van der Waals surface area (Å²) in [6, 6.07) is 0. The molecule has 0 aromatic heterocycles. The second-order valence-corrected chi connectivity index (χ2v) is 8.85. The summed E-state index contributed by atoms with van der Waals surface area (Å²) in [5.41, 5.74) is 0. The zero-order chi connectivity index (χ0) is 20.9. The first kappa shape index (κ1) is 27.9. The summed E-state index contributed by atoms with van der Waals surface area (Å²) in [6.45, 7) is 14.7. The van der Waals surface area contributed by atoms with Crippen molar-refractivity contribution in [2.75, 3.05) is 46.6 Å². The molecule has 0 rings (SSSR count). The molecule has 0 amide bonds. The van der Waals surface area contributed by atoms with E-state index < -0.39 is 0 Å². The van der Waals surface area contributed by atoms with E-state index >= 15 is 0 Å². The Kier molecular flexibility index (Phi) is 21.5. The van der Waals surface area contributed by atoms with E-state index in [1.807, 2.05) is 0 Å². The molecule has 0 aliphatic rings. The Hall–Kier alpha value is -0.120. The minimum atomic E-state index is 0.730. The molecule has 0 bridgehead atoms. The Morgan fingerprint density at radius 1 is 0.679 bits per heavy atom. The number of nitrogens with zero attached hydrogens (tertiary/aromatic N) is 1. The van der Waals surface area contributed by atoms with Crippen LogP contribution in [-0.2, 0) is 9.47 Å². The summed E-state index contributed by atoms with van der Waals surface area (Å²) in [7, 11) is 2.22. The molecular weight excluding hydrogens is 346 g/mol. The fourth-order valence-electron chi connectivity index (χ4n) is 3.87. The van der Waals surface area contributed by atoms with Crippen molar-refractivity contribution in [1.29, 1.82) is 0 Å². The molecule has 0 saturated carbocycles. The first-order valence-electron chi connectivity index (χ1n) is 12.5. The summed E-state index contributed by atoms with van der Waals surface area (Å²) < 4.78 is 11.5. The average Bonchev–Trinajstić information content (AvgIpc) is 2.68. The molecule has 0 radical (unpaired) electrons. The van der Waals surface area contributed by atoms with E-state index in [-0.39, 0.29) is 0 Å². The standard InChI is InChI=1S/C25H53NO2/c1-6-9-11-12-13-15-24(4)23-26(5)18-20-28-22-21-27-19-14-17-25(8-3)16-10-7-2/h24-25H,6-23H2,1-5H3. The third-order valence-electron chi connectivity index (χ3n) is 5.86. The number of hydrogen-bond acceptors (Lipinski definition) is 3. The van der Waals surface area contributed by atoms with Gasteiger partial charge in [-0.1, -0.05) is 85.5 Å². The van der Waals surface area contributed by atoms with Gasteiger partial charge in [-0.05, 0) is 38.1 Å². The van der Waals surface area contributed by atoms with E-state index in [0.717, 1.165) is 44.8 Å². The molecule has 0 aromatic rings. The van der Waals surface area contributed by atoms with Gasteiger partial charge < -0.3 is 14.4 Å². The van der Waals surface area contributed by atoms with Gasteiger partial charge in [0.1, 0.15) is 0 Å². The van der Waals surface area contributed by atoms with Gasteiger partial charge in [0.2, 0.25) is 0 Å². The number of likely N-dealkylation sites (N-methyl/N-ethyl adjacent to an activating group) is 1. The van der Waals surface area contributed by atoms with Crippen molar-refractivity contribution < 1.29 is 9.47 Å². The first-order chi connectivity index (χ1) is 13.6. The van der Waals surface area contributed by atoms with Crippen molar-refractivity contribution in [1.82, 2.24) is 4.90 Å². The Morgan fingerprint density at radius 2 is 1.32 bits per heavy atom. The first-order valence-corrected chi connectivity index (χ1v) is 12.5. The molecule has 28 heavy (non-hydrogen) atoms. The third kappa shape index (κ3) is 19.2. The summed E-state index contributed by atoms with van der Waals surface area (Å²) >= 11 is 0. The van der Waals surface area contributed by atoms with Gasteiger partial charge in [0.05, 0.1) is 19.8 Å². The van der Waals surface area contributed by atoms with Crippen LogP contribution in [0.3, 0.4) is 0 Å². The maximum Gasteiger partial charge on any atom is 0.0701 e. The molecule has 2 unspecified atom stereocenters. The van der Waals surface area contributed by atoms with Gasteiger partial charge in [-0.25, -0.2) is 0 Å². The van der Waals surface area contributed by atoms with E-state index in [2.05, 4.69) is 39.6 Å². The summed E-state index contributed by atoms with van der Waals surface area (Å²) in [5.74, 6) is 1.69. The van der Waals surface area contributed by atoms with E-state index in [1.165, 1.54) is 83.6 Å². The summed E-state index contributed by atoms with van der Waals surface area (Å²) in [6.07, 6.45) is 16.2. The lowest BCUT2D eigenvalue weighted by molar-refractivity contribution is 0.0376. The number of rotatable bonds is 22. The lowest BCUT2D eigenvalue weighted by atomic mass is 9.94. The van der Waals surface area contributed by atoms with Crippen LogP contribution in [0.5, 0.6) is 0 Å². The molecule has 0 N–H and O–H groups in total. The summed E-state index contributed by atoms with van der Waals surface area (Å²) in [4.78, 5) is 2.42. The number of ether oxygens (including phenoxy) is 2. The zero-order valence-electron chi connectivity index (χ0n) is 20.1. The molecular formula is C25H53NO2. The molecule has 3 nitrogen and oxygen atoms in total. The van der Waals surface area contributed by atoms with Gasteiger partial charge in [-0.2, -0.15) is 0 Å². The van der Waals surface area contributed by atoms with Gasteiger partial charge in [-0.15, -0.1) is 0 Å². The Balaban J connectivity index is 3.40.